The summed E-state index contributed by atoms with van der Waals surface area (Å²) in [4.78, 5) is 18.5. The molecule has 1 aromatic carbocycles. The molecule has 3 saturated carbocycles. The Morgan fingerprint density at radius 1 is 1.08 bits per heavy atom. The molecule has 0 radical (unpaired) electrons. The van der Waals surface area contributed by atoms with Crippen molar-refractivity contribution in [2.45, 2.75) is 138 Å². The maximum absolute atomic E-state index is 13.6. The Hall–Kier alpha value is -2.55. The van der Waals surface area contributed by atoms with Gasteiger partial charge in [0.05, 0.1) is 37.4 Å². The number of carbonyl (C=O) groups is 1. The van der Waals surface area contributed by atoms with E-state index in [4.69, 9.17) is 25.3 Å². The van der Waals surface area contributed by atoms with Crippen molar-refractivity contribution in [2.24, 2.45) is 68.3 Å². The number of allylic oxidation sites excluding steroid dienone is 1. The van der Waals surface area contributed by atoms with Gasteiger partial charge >= 0.3 is 5.97 Å². The van der Waals surface area contributed by atoms with Gasteiger partial charge < -0.3 is 20.3 Å². The zero-order valence-corrected chi connectivity index (χ0v) is 34.5. The number of fused-ring (bicyclic) bond motifs is 3. The van der Waals surface area contributed by atoms with Gasteiger partial charge in [0.25, 0.3) is 0 Å². The van der Waals surface area contributed by atoms with Gasteiger partial charge in [0.1, 0.15) is 6.33 Å². The Kier molecular flexibility index (Phi) is 9.50. The fourth-order valence-corrected chi connectivity index (χ4v) is 13.2. The van der Waals surface area contributed by atoms with Crippen molar-refractivity contribution in [1.29, 1.82) is 0 Å². The highest BCUT2D eigenvalue weighted by Gasteiger charge is 2.73. The lowest BCUT2D eigenvalue weighted by Gasteiger charge is -2.72. The second kappa shape index (κ2) is 13.0. The molecule has 53 heavy (non-hydrogen) atoms. The Morgan fingerprint density at radius 3 is 2.42 bits per heavy atom. The van der Waals surface area contributed by atoms with Gasteiger partial charge in [-0.15, -0.1) is 0 Å². The van der Waals surface area contributed by atoms with E-state index in [1.807, 2.05) is 6.07 Å². The molecule has 4 aliphatic carbocycles. The highest BCUT2D eigenvalue weighted by molar-refractivity contribution is 5.73. The molecule has 7 rings (SSSR count). The van der Waals surface area contributed by atoms with Crippen LogP contribution in [0.2, 0.25) is 0 Å². The largest absolute Gasteiger partial charge is 0.481 e. The third-order valence-corrected chi connectivity index (χ3v) is 17.4. The van der Waals surface area contributed by atoms with Gasteiger partial charge in [-0.05, 0) is 98.2 Å². The lowest BCUT2D eigenvalue weighted by Crippen LogP contribution is -2.71. The number of benzene rings is 1. The van der Waals surface area contributed by atoms with Crippen LogP contribution >= 0.6 is 0 Å². The third kappa shape index (κ3) is 5.41. The molecule has 1 aromatic heterocycles. The molecule has 0 amide bonds. The molecule has 13 atom stereocenters. The van der Waals surface area contributed by atoms with Gasteiger partial charge in [-0.25, -0.2) is 9.67 Å². The van der Waals surface area contributed by atoms with Crippen LogP contribution in [-0.2, 0) is 14.3 Å². The van der Waals surface area contributed by atoms with Crippen LogP contribution in [-0.4, -0.2) is 56.8 Å². The van der Waals surface area contributed by atoms with Crippen LogP contribution in [0.1, 0.15) is 121 Å². The van der Waals surface area contributed by atoms with Crippen molar-refractivity contribution >= 4 is 5.97 Å². The predicted molar refractivity (Wildman–Crippen MR) is 210 cm³/mol. The van der Waals surface area contributed by atoms with E-state index >= 15 is 0 Å². The topological polar surface area (TPSA) is 112 Å². The van der Waals surface area contributed by atoms with Gasteiger partial charge in [0.2, 0.25) is 0 Å². The van der Waals surface area contributed by atoms with Gasteiger partial charge in [0.15, 0.2) is 5.82 Å². The van der Waals surface area contributed by atoms with Crippen LogP contribution in [0, 0.1) is 62.6 Å². The number of hydrogen-bond acceptors (Lipinski definition) is 6. The molecule has 0 unspecified atom stereocenters. The number of carboxylic acids is 1. The number of carboxylic acid groups (broad SMARTS) is 1. The van der Waals surface area contributed by atoms with Crippen molar-refractivity contribution < 1.29 is 19.4 Å². The Bertz CT molecular complexity index is 1720. The Labute approximate surface area is 319 Å². The summed E-state index contributed by atoms with van der Waals surface area (Å²) in [6.07, 6.45) is 9.74. The second-order valence-corrected chi connectivity index (χ2v) is 20.2. The average Bonchev–Trinajstić information content (AvgIpc) is 3.60. The van der Waals surface area contributed by atoms with Crippen molar-refractivity contribution in [3.8, 4) is 11.4 Å². The molecule has 1 aliphatic heterocycles. The van der Waals surface area contributed by atoms with Crippen molar-refractivity contribution in [2.75, 3.05) is 13.2 Å². The lowest BCUT2D eigenvalue weighted by molar-refractivity contribution is -0.273. The van der Waals surface area contributed by atoms with Gasteiger partial charge in [-0.2, -0.15) is 5.10 Å². The average molecular weight is 729 g/mol. The molecule has 8 nitrogen and oxygen atoms in total. The summed E-state index contributed by atoms with van der Waals surface area (Å²) in [5.74, 6) is 1.41. The smallest absolute Gasteiger partial charge is 0.307 e. The van der Waals surface area contributed by atoms with Gasteiger partial charge in [-0.1, -0.05) is 104 Å². The summed E-state index contributed by atoms with van der Waals surface area (Å²) in [6.45, 7) is 26.1. The quantitative estimate of drug-likeness (QED) is 0.248. The number of hydrogen-bond donors (Lipinski definition) is 2. The van der Waals surface area contributed by atoms with Crippen LogP contribution in [0.3, 0.4) is 0 Å². The molecule has 0 spiro atoms. The summed E-state index contributed by atoms with van der Waals surface area (Å²) in [6, 6.07) is 10.3. The van der Waals surface area contributed by atoms with Crippen molar-refractivity contribution in [3.05, 3.63) is 48.3 Å². The first kappa shape index (κ1) is 38.7. The van der Waals surface area contributed by atoms with Crippen LogP contribution in [0.25, 0.3) is 11.4 Å². The number of aliphatic carboxylic acids is 1. The standard InChI is InChI=1S/C45H68N4O4/c1-27(2)29(5)40(7)21-22-42(9)32-17-18-35-41(8)24-52-30(6)45(35,33(32)19-20-43(42,10)36(40)39(50)51)23-34(37(41)53-25-44(11,46)28(3)4)49-38(47-26-48-49)31-15-13-12-14-16-31/h12-16,19,26-30,32,34-37H,17-18,20-25,46H2,1-11H3,(H,50,51)/t29-,30+,32+,34-,35+,36-,37+,40-,41-,42-,43+,44+,45+/m1/s1. The molecule has 1 saturated heterocycles. The minimum atomic E-state index is -0.621. The molecule has 8 heteroatoms. The normalized spacial score (nSPS) is 42.6. The van der Waals surface area contributed by atoms with Gasteiger partial charge in [0, 0.05) is 21.9 Å². The van der Waals surface area contributed by atoms with Crippen LogP contribution in [0.5, 0.6) is 0 Å². The summed E-state index contributed by atoms with van der Waals surface area (Å²) in [7, 11) is 0. The molecular weight excluding hydrogens is 661 g/mol. The summed E-state index contributed by atoms with van der Waals surface area (Å²) in [5.41, 5.74) is 7.61. The fraction of sp³-hybridized carbons (Fsp3) is 0.756. The Balaban J connectivity index is 1.38. The van der Waals surface area contributed by atoms with Crippen LogP contribution in [0.15, 0.2) is 48.3 Å². The van der Waals surface area contributed by atoms with E-state index in [2.05, 4.69) is 111 Å². The number of aromatic nitrogens is 3. The number of nitrogens with zero attached hydrogens (tertiary/aromatic N) is 3. The molecule has 2 bridgehead atoms. The molecule has 292 valence electrons. The first-order valence-corrected chi connectivity index (χ1v) is 20.7. The second-order valence-electron chi connectivity index (χ2n) is 20.2. The third-order valence-electron chi connectivity index (χ3n) is 17.4. The van der Waals surface area contributed by atoms with E-state index in [1.54, 1.807) is 6.33 Å². The van der Waals surface area contributed by atoms with E-state index in [9.17, 15) is 9.90 Å². The molecule has 5 aliphatic rings. The number of ether oxygens (including phenoxy) is 2. The first-order chi connectivity index (χ1) is 24.8. The number of rotatable bonds is 9. The fourth-order valence-electron chi connectivity index (χ4n) is 13.2. The number of nitrogens with two attached hydrogens (primary N) is 1. The molecule has 2 aromatic rings. The maximum atomic E-state index is 13.6. The summed E-state index contributed by atoms with van der Waals surface area (Å²) >= 11 is 0. The summed E-state index contributed by atoms with van der Waals surface area (Å²) < 4.78 is 16.4. The predicted octanol–water partition coefficient (Wildman–Crippen LogP) is 9.22. The van der Waals surface area contributed by atoms with Crippen molar-refractivity contribution in [3.63, 3.8) is 0 Å². The zero-order chi connectivity index (χ0) is 38.5. The van der Waals surface area contributed by atoms with E-state index in [-0.39, 0.29) is 57.2 Å². The monoisotopic (exact) mass is 729 g/mol. The van der Waals surface area contributed by atoms with E-state index < -0.39 is 17.4 Å². The molecule has 4 fully saturated rings. The lowest BCUT2D eigenvalue weighted by atomic mass is 9.33. The van der Waals surface area contributed by atoms with E-state index in [1.165, 1.54) is 5.57 Å². The molecule has 2 heterocycles. The first-order valence-electron chi connectivity index (χ1n) is 20.7. The highest BCUT2D eigenvalue weighted by atomic mass is 16.5. The minimum absolute atomic E-state index is 0.00439. The van der Waals surface area contributed by atoms with Gasteiger partial charge in [-0.3, -0.25) is 4.79 Å². The van der Waals surface area contributed by atoms with Crippen LogP contribution in [0.4, 0.5) is 0 Å². The molecular formula is C45H68N4O4. The Morgan fingerprint density at radius 2 is 1.77 bits per heavy atom. The minimum Gasteiger partial charge on any atom is -0.481 e. The molecule has 3 N–H and O–H groups in total. The van der Waals surface area contributed by atoms with E-state index in [0.29, 0.717) is 31.0 Å². The van der Waals surface area contributed by atoms with Crippen LogP contribution < -0.4 is 5.73 Å². The maximum Gasteiger partial charge on any atom is 0.307 e. The van der Waals surface area contributed by atoms with E-state index in [0.717, 1.165) is 49.9 Å². The SMILES string of the molecule is CC(C)[C@@H](C)[C@@]1(C)CC[C@]2(C)[C@H]3CC[C@H]4[C@@]5(C)CO[C@@H](C)[C@@]4(C[C@@H](n4ncnc4-c4ccccc4)[C@@H]5OC[C@](C)(N)C(C)C)C3=CC[C@@]2(C)[C@@H]1C(=O)O. The zero-order valence-electron chi connectivity index (χ0n) is 34.5. The highest BCUT2D eigenvalue weighted by Crippen LogP contribution is 2.76. The summed E-state index contributed by atoms with van der Waals surface area (Å²) in [5, 5.41) is 16.2. The van der Waals surface area contributed by atoms with Crippen molar-refractivity contribution in [1.82, 2.24) is 14.8 Å².